The fourth-order valence-corrected chi connectivity index (χ4v) is 5.91. The van der Waals surface area contributed by atoms with E-state index in [1.165, 1.54) is 15.6 Å². The lowest BCUT2D eigenvalue weighted by Gasteiger charge is -2.33. The van der Waals surface area contributed by atoms with Crippen LogP contribution in [0.25, 0.3) is 10.9 Å². The summed E-state index contributed by atoms with van der Waals surface area (Å²) in [6.07, 6.45) is 1.67. The zero-order valence-corrected chi connectivity index (χ0v) is 17.5. The van der Waals surface area contributed by atoms with Gasteiger partial charge in [-0.3, -0.25) is 9.78 Å². The molecule has 0 spiro atoms. The van der Waals surface area contributed by atoms with Crippen LogP contribution in [0, 0.1) is 6.92 Å². The van der Waals surface area contributed by atoms with Gasteiger partial charge in [0.2, 0.25) is 10.0 Å². The van der Waals surface area contributed by atoms with Gasteiger partial charge in [-0.05, 0) is 36.8 Å². The molecule has 1 amide bonds. The topological polar surface area (TPSA) is 70.6 Å². The Balaban J connectivity index is 1.55. The highest BCUT2D eigenvalue weighted by molar-refractivity contribution is 7.89. The molecular formula is C19H18ClN3O3S2. The minimum Gasteiger partial charge on any atom is -0.335 e. The van der Waals surface area contributed by atoms with Gasteiger partial charge in [0.15, 0.2) is 0 Å². The quantitative estimate of drug-likeness (QED) is 0.632. The molecule has 9 heteroatoms. The van der Waals surface area contributed by atoms with Gasteiger partial charge in [-0.2, -0.15) is 4.31 Å². The molecule has 3 heterocycles. The summed E-state index contributed by atoms with van der Waals surface area (Å²) in [6.45, 7) is 3.09. The molecule has 3 aromatic rings. The number of carbonyl (C=O) groups is 1. The van der Waals surface area contributed by atoms with E-state index in [9.17, 15) is 13.2 Å². The largest absolute Gasteiger partial charge is 0.335 e. The highest BCUT2D eigenvalue weighted by Crippen LogP contribution is 2.27. The molecule has 6 nitrogen and oxygen atoms in total. The second kappa shape index (κ2) is 7.44. The standard InChI is InChI=1S/C19H18ClN3O3S2/c1-13-11-14-3-2-4-16(18(14)21-12-13)28(25,26)23-9-7-22(8-10-23)19(24)15-5-6-17(20)27-15/h2-6,11-12H,7-10H2,1H3. The number of thiophene rings is 1. The third-order valence-electron chi connectivity index (χ3n) is 4.74. The lowest BCUT2D eigenvalue weighted by Crippen LogP contribution is -2.50. The minimum atomic E-state index is -3.70. The van der Waals surface area contributed by atoms with Crippen molar-refractivity contribution in [3.63, 3.8) is 0 Å². The van der Waals surface area contributed by atoms with E-state index in [4.69, 9.17) is 11.6 Å². The number of nitrogens with zero attached hydrogens (tertiary/aromatic N) is 3. The van der Waals surface area contributed by atoms with Crippen LogP contribution in [0.4, 0.5) is 0 Å². The van der Waals surface area contributed by atoms with E-state index < -0.39 is 10.0 Å². The molecule has 0 aliphatic carbocycles. The monoisotopic (exact) mass is 435 g/mol. The van der Waals surface area contributed by atoms with E-state index in [-0.39, 0.29) is 23.9 Å². The smallest absolute Gasteiger partial charge is 0.264 e. The van der Waals surface area contributed by atoms with Crippen molar-refractivity contribution in [2.24, 2.45) is 0 Å². The summed E-state index contributed by atoms with van der Waals surface area (Å²) in [5.74, 6) is -0.115. The first kappa shape index (κ1) is 19.3. The zero-order valence-electron chi connectivity index (χ0n) is 15.1. The van der Waals surface area contributed by atoms with Gasteiger partial charge < -0.3 is 4.90 Å². The average molecular weight is 436 g/mol. The molecule has 0 bridgehead atoms. The molecule has 0 saturated carbocycles. The van der Waals surface area contributed by atoms with Crippen LogP contribution in [0.5, 0.6) is 0 Å². The van der Waals surface area contributed by atoms with Crippen molar-refractivity contribution in [3.05, 3.63) is 57.4 Å². The van der Waals surface area contributed by atoms with Crippen LogP contribution in [-0.4, -0.2) is 54.7 Å². The predicted octanol–water partition coefficient (Wildman–Crippen LogP) is 3.40. The Morgan fingerprint density at radius 2 is 1.89 bits per heavy atom. The third-order valence-corrected chi connectivity index (χ3v) is 7.89. The first-order valence-electron chi connectivity index (χ1n) is 8.76. The zero-order chi connectivity index (χ0) is 19.9. The van der Waals surface area contributed by atoms with Gasteiger partial charge in [0.1, 0.15) is 4.90 Å². The van der Waals surface area contributed by atoms with E-state index in [0.29, 0.717) is 27.8 Å². The Kier molecular flexibility index (Phi) is 5.13. The highest BCUT2D eigenvalue weighted by atomic mass is 35.5. The molecule has 1 aliphatic rings. The average Bonchev–Trinajstić information content (AvgIpc) is 3.13. The van der Waals surface area contributed by atoms with Crippen LogP contribution in [0.15, 0.2) is 47.5 Å². The van der Waals surface area contributed by atoms with Gasteiger partial charge in [-0.25, -0.2) is 8.42 Å². The maximum Gasteiger partial charge on any atom is 0.264 e. The lowest BCUT2D eigenvalue weighted by atomic mass is 10.2. The number of pyridine rings is 1. The summed E-state index contributed by atoms with van der Waals surface area (Å²) in [6, 6.07) is 10.5. The molecule has 1 aliphatic heterocycles. The van der Waals surface area contributed by atoms with Gasteiger partial charge >= 0.3 is 0 Å². The summed E-state index contributed by atoms with van der Waals surface area (Å²) < 4.78 is 28.4. The Morgan fingerprint density at radius 3 is 2.57 bits per heavy atom. The molecule has 146 valence electrons. The van der Waals surface area contributed by atoms with Gasteiger partial charge in [0.25, 0.3) is 5.91 Å². The number of fused-ring (bicyclic) bond motifs is 1. The highest BCUT2D eigenvalue weighted by Gasteiger charge is 2.32. The van der Waals surface area contributed by atoms with E-state index in [1.807, 2.05) is 19.1 Å². The van der Waals surface area contributed by atoms with E-state index in [2.05, 4.69) is 4.98 Å². The van der Waals surface area contributed by atoms with Crippen LogP contribution in [0.1, 0.15) is 15.2 Å². The maximum absolute atomic E-state index is 13.2. The Hall–Kier alpha value is -2.00. The number of carbonyl (C=O) groups excluding carboxylic acids is 1. The molecule has 0 radical (unpaired) electrons. The number of piperazine rings is 1. The van der Waals surface area contributed by atoms with Crippen molar-refractivity contribution in [1.29, 1.82) is 0 Å². The Morgan fingerprint density at radius 1 is 1.14 bits per heavy atom. The Labute approximate surface area is 172 Å². The first-order valence-corrected chi connectivity index (χ1v) is 11.4. The van der Waals surface area contributed by atoms with Crippen molar-refractivity contribution in [2.75, 3.05) is 26.2 Å². The number of benzene rings is 1. The van der Waals surface area contributed by atoms with Crippen LogP contribution < -0.4 is 0 Å². The summed E-state index contributed by atoms with van der Waals surface area (Å²) in [4.78, 5) is 19.3. The molecule has 1 aromatic carbocycles. The number of halogens is 1. The van der Waals surface area contributed by atoms with Crippen molar-refractivity contribution in [1.82, 2.24) is 14.2 Å². The van der Waals surface area contributed by atoms with Crippen molar-refractivity contribution in [2.45, 2.75) is 11.8 Å². The molecule has 2 aromatic heterocycles. The summed E-state index contributed by atoms with van der Waals surface area (Å²) in [5, 5.41) is 0.796. The fraction of sp³-hybridized carbons (Fsp3) is 0.263. The van der Waals surface area contributed by atoms with Gasteiger partial charge in [-0.15, -0.1) is 11.3 Å². The lowest BCUT2D eigenvalue weighted by molar-refractivity contribution is 0.0703. The van der Waals surface area contributed by atoms with Crippen molar-refractivity contribution >= 4 is 49.8 Å². The van der Waals surface area contributed by atoms with E-state index in [0.717, 1.165) is 10.9 Å². The molecule has 0 N–H and O–H groups in total. The molecular weight excluding hydrogens is 418 g/mol. The molecule has 4 rings (SSSR count). The SMILES string of the molecule is Cc1cnc2c(S(=O)(=O)N3CCN(C(=O)c4ccc(Cl)s4)CC3)cccc2c1. The van der Waals surface area contributed by atoms with Crippen LogP contribution >= 0.6 is 22.9 Å². The summed E-state index contributed by atoms with van der Waals surface area (Å²) >= 11 is 7.14. The molecule has 1 saturated heterocycles. The first-order chi connectivity index (χ1) is 13.4. The number of hydrogen-bond donors (Lipinski definition) is 0. The van der Waals surface area contributed by atoms with Gasteiger partial charge in [-0.1, -0.05) is 23.7 Å². The number of aryl methyl sites for hydroxylation is 1. The van der Waals surface area contributed by atoms with Gasteiger partial charge in [0, 0.05) is 37.8 Å². The number of hydrogen-bond acceptors (Lipinski definition) is 5. The van der Waals surface area contributed by atoms with E-state index >= 15 is 0 Å². The second-order valence-corrected chi connectivity index (χ2v) is 10.3. The number of amides is 1. The normalized spacial score (nSPS) is 15.9. The van der Waals surface area contributed by atoms with Crippen molar-refractivity contribution < 1.29 is 13.2 Å². The van der Waals surface area contributed by atoms with E-state index in [1.54, 1.807) is 35.4 Å². The molecule has 0 atom stereocenters. The van der Waals surface area contributed by atoms with Crippen molar-refractivity contribution in [3.8, 4) is 0 Å². The Bertz CT molecular complexity index is 1150. The number of para-hydroxylation sites is 1. The summed E-state index contributed by atoms with van der Waals surface area (Å²) in [7, 11) is -3.70. The third kappa shape index (κ3) is 3.53. The minimum absolute atomic E-state index is 0.115. The van der Waals surface area contributed by atoms with Crippen LogP contribution in [0.2, 0.25) is 4.34 Å². The van der Waals surface area contributed by atoms with Gasteiger partial charge in [0.05, 0.1) is 14.7 Å². The predicted molar refractivity (Wildman–Crippen MR) is 110 cm³/mol. The fourth-order valence-electron chi connectivity index (χ4n) is 3.31. The number of sulfonamides is 1. The van der Waals surface area contributed by atoms with Crippen LogP contribution in [0.3, 0.4) is 0 Å². The number of aromatic nitrogens is 1. The number of rotatable bonds is 3. The molecule has 1 fully saturated rings. The molecule has 0 unspecified atom stereocenters. The summed E-state index contributed by atoms with van der Waals surface area (Å²) in [5.41, 5.74) is 1.45. The maximum atomic E-state index is 13.2. The molecule has 28 heavy (non-hydrogen) atoms. The second-order valence-electron chi connectivity index (χ2n) is 6.64. The van der Waals surface area contributed by atoms with Crippen LogP contribution in [-0.2, 0) is 10.0 Å².